The first-order valence-corrected chi connectivity index (χ1v) is 7.51. The summed E-state index contributed by atoms with van der Waals surface area (Å²) in [4.78, 5) is 8.00. The van der Waals surface area contributed by atoms with Gasteiger partial charge in [-0.15, -0.1) is 11.3 Å². The SMILES string of the molecule is Oc1ccc(-c2csc(-c3c[nH]c4ccccc34)n2)cc1. The summed E-state index contributed by atoms with van der Waals surface area (Å²) in [6, 6.07) is 15.3. The lowest BCUT2D eigenvalue weighted by atomic mass is 10.1. The number of para-hydroxylation sites is 1. The van der Waals surface area contributed by atoms with E-state index in [2.05, 4.69) is 17.1 Å². The number of aromatic amines is 1. The number of H-pyrrole nitrogens is 1. The molecule has 2 heterocycles. The van der Waals surface area contributed by atoms with Crippen molar-refractivity contribution in [3.8, 4) is 27.6 Å². The molecule has 0 atom stereocenters. The zero-order valence-corrected chi connectivity index (χ0v) is 11.9. The van der Waals surface area contributed by atoms with E-state index in [1.807, 2.05) is 35.8 Å². The molecule has 3 nitrogen and oxygen atoms in total. The highest BCUT2D eigenvalue weighted by Gasteiger charge is 2.10. The number of phenolic OH excluding ortho intramolecular Hbond substituents is 1. The van der Waals surface area contributed by atoms with Crippen molar-refractivity contribution >= 4 is 22.2 Å². The predicted octanol–water partition coefficient (Wildman–Crippen LogP) is 4.66. The minimum absolute atomic E-state index is 0.269. The largest absolute Gasteiger partial charge is 0.508 e. The second kappa shape index (κ2) is 4.75. The first-order valence-electron chi connectivity index (χ1n) is 6.63. The van der Waals surface area contributed by atoms with E-state index in [1.165, 1.54) is 5.39 Å². The lowest BCUT2D eigenvalue weighted by molar-refractivity contribution is 0.475. The van der Waals surface area contributed by atoms with E-state index < -0.39 is 0 Å². The molecule has 0 unspecified atom stereocenters. The molecule has 21 heavy (non-hydrogen) atoms. The van der Waals surface area contributed by atoms with Gasteiger partial charge in [-0.3, -0.25) is 0 Å². The van der Waals surface area contributed by atoms with Gasteiger partial charge in [-0.05, 0) is 30.3 Å². The Morgan fingerprint density at radius 3 is 2.67 bits per heavy atom. The summed E-state index contributed by atoms with van der Waals surface area (Å²) >= 11 is 1.63. The topological polar surface area (TPSA) is 48.9 Å². The van der Waals surface area contributed by atoms with Gasteiger partial charge in [-0.2, -0.15) is 0 Å². The van der Waals surface area contributed by atoms with Crippen LogP contribution in [0, 0.1) is 0 Å². The van der Waals surface area contributed by atoms with Crippen LogP contribution in [0.5, 0.6) is 5.75 Å². The van der Waals surface area contributed by atoms with E-state index in [9.17, 15) is 5.11 Å². The van der Waals surface area contributed by atoms with Crippen LogP contribution in [0.4, 0.5) is 0 Å². The van der Waals surface area contributed by atoms with E-state index in [1.54, 1.807) is 23.5 Å². The van der Waals surface area contributed by atoms with E-state index in [0.29, 0.717) is 0 Å². The van der Waals surface area contributed by atoms with Gasteiger partial charge in [0.05, 0.1) is 5.69 Å². The molecule has 0 aliphatic heterocycles. The molecule has 0 saturated heterocycles. The summed E-state index contributed by atoms with van der Waals surface area (Å²) in [7, 11) is 0. The zero-order chi connectivity index (χ0) is 14.2. The summed E-state index contributed by atoms with van der Waals surface area (Å²) in [5.41, 5.74) is 4.19. The van der Waals surface area contributed by atoms with Gasteiger partial charge in [0.25, 0.3) is 0 Å². The molecule has 2 aromatic heterocycles. The molecule has 0 fully saturated rings. The normalized spacial score (nSPS) is 11.0. The molecule has 2 aromatic carbocycles. The number of benzene rings is 2. The van der Waals surface area contributed by atoms with Crippen LogP contribution >= 0.6 is 11.3 Å². The lowest BCUT2D eigenvalue weighted by Gasteiger charge is -1.97. The van der Waals surface area contributed by atoms with E-state index in [-0.39, 0.29) is 5.75 Å². The minimum Gasteiger partial charge on any atom is -0.508 e. The smallest absolute Gasteiger partial charge is 0.126 e. The Labute approximate surface area is 125 Å². The maximum absolute atomic E-state index is 9.36. The molecule has 4 aromatic rings. The van der Waals surface area contributed by atoms with Crippen LogP contribution in [0.15, 0.2) is 60.1 Å². The van der Waals surface area contributed by atoms with Gasteiger partial charge in [-0.25, -0.2) is 4.98 Å². The quantitative estimate of drug-likeness (QED) is 0.564. The molecule has 0 aliphatic rings. The van der Waals surface area contributed by atoms with Gasteiger partial charge in [0.1, 0.15) is 10.8 Å². The van der Waals surface area contributed by atoms with E-state index in [0.717, 1.165) is 27.3 Å². The molecular weight excluding hydrogens is 280 g/mol. The average molecular weight is 292 g/mol. The molecule has 102 valence electrons. The van der Waals surface area contributed by atoms with Crippen LogP contribution in [0.2, 0.25) is 0 Å². The molecule has 0 amide bonds. The number of fused-ring (bicyclic) bond motifs is 1. The Hall–Kier alpha value is -2.59. The average Bonchev–Trinajstić information content (AvgIpc) is 3.14. The van der Waals surface area contributed by atoms with Crippen molar-refractivity contribution in [2.45, 2.75) is 0 Å². The Bertz CT molecular complexity index is 906. The maximum Gasteiger partial charge on any atom is 0.126 e. The summed E-state index contributed by atoms with van der Waals surface area (Å²) < 4.78 is 0. The van der Waals surface area contributed by atoms with Gasteiger partial charge in [0.15, 0.2) is 0 Å². The van der Waals surface area contributed by atoms with Crippen molar-refractivity contribution < 1.29 is 5.11 Å². The number of aromatic hydroxyl groups is 1. The highest BCUT2D eigenvalue weighted by molar-refractivity contribution is 7.13. The molecule has 0 bridgehead atoms. The number of thiazole rings is 1. The molecule has 0 spiro atoms. The number of nitrogens with zero attached hydrogens (tertiary/aromatic N) is 1. The fourth-order valence-corrected chi connectivity index (χ4v) is 3.27. The van der Waals surface area contributed by atoms with Crippen LogP contribution in [-0.4, -0.2) is 15.1 Å². The van der Waals surface area contributed by atoms with Crippen LogP contribution in [0.1, 0.15) is 0 Å². The number of phenols is 1. The van der Waals surface area contributed by atoms with Gasteiger partial charge in [0.2, 0.25) is 0 Å². The second-order valence-corrected chi connectivity index (χ2v) is 5.69. The van der Waals surface area contributed by atoms with Gasteiger partial charge in [-0.1, -0.05) is 18.2 Å². The molecule has 4 heteroatoms. The third-order valence-corrected chi connectivity index (χ3v) is 4.36. The third-order valence-electron chi connectivity index (χ3n) is 3.49. The number of hydrogen-bond acceptors (Lipinski definition) is 3. The van der Waals surface area contributed by atoms with Crippen molar-refractivity contribution in [1.29, 1.82) is 0 Å². The van der Waals surface area contributed by atoms with Crippen molar-refractivity contribution in [2.75, 3.05) is 0 Å². The summed E-state index contributed by atoms with van der Waals surface area (Å²) in [6.45, 7) is 0. The summed E-state index contributed by atoms with van der Waals surface area (Å²) in [5.74, 6) is 0.269. The van der Waals surface area contributed by atoms with Gasteiger partial charge < -0.3 is 10.1 Å². The van der Waals surface area contributed by atoms with Crippen molar-refractivity contribution in [1.82, 2.24) is 9.97 Å². The Kier molecular flexibility index (Phi) is 2.75. The van der Waals surface area contributed by atoms with Crippen molar-refractivity contribution in [3.63, 3.8) is 0 Å². The third kappa shape index (κ3) is 2.10. The Morgan fingerprint density at radius 2 is 1.81 bits per heavy atom. The van der Waals surface area contributed by atoms with Crippen LogP contribution < -0.4 is 0 Å². The monoisotopic (exact) mass is 292 g/mol. The van der Waals surface area contributed by atoms with Crippen LogP contribution in [0.3, 0.4) is 0 Å². The summed E-state index contributed by atoms with van der Waals surface area (Å²) in [6.07, 6.45) is 2.00. The second-order valence-electron chi connectivity index (χ2n) is 4.83. The van der Waals surface area contributed by atoms with E-state index >= 15 is 0 Å². The van der Waals surface area contributed by atoms with Crippen LogP contribution in [0.25, 0.3) is 32.7 Å². The molecular formula is C17H12N2OS. The first-order chi connectivity index (χ1) is 10.3. The lowest BCUT2D eigenvalue weighted by Crippen LogP contribution is -1.78. The van der Waals surface area contributed by atoms with E-state index in [4.69, 9.17) is 4.98 Å². The van der Waals surface area contributed by atoms with Crippen LogP contribution in [-0.2, 0) is 0 Å². The van der Waals surface area contributed by atoms with Crippen molar-refractivity contribution in [2.24, 2.45) is 0 Å². The van der Waals surface area contributed by atoms with Gasteiger partial charge in [0, 0.05) is 33.6 Å². The molecule has 0 radical (unpaired) electrons. The minimum atomic E-state index is 0.269. The zero-order valence-electron chi connectivity index (χ0n) is 11.1. The van der Waals surface area contributed by atoms with Gasteiger partial charge >= 0.3 is 0 Å². The Balaban J connectivity index is 1.79. The highest BCUT2D eigenvalue weighted by atomic mass is 32.1. The fraction of sp³-hybridized carbons (Fsp3) is 0. The summed E-state index contributed by atoms with van der Waals surface area (Å²) in [5, 5.41) is 13.6. The molecule has 0 aliphatic carbocycles. The number of hydrogen-bond donors (Lipinski definition) is 2. The molecule has 0 saturated carbocycles. The maximum atomic E-state index is 9.36. The number of aromatic nitrogens is 2. The predicted molar refractivity (Wildman–Crippen MR) is 86.5 cm³/mol. The first kappa shape index (κ1) is 12.2. The number of nitrogens with one attached hydrogen (secondary N) is 1. The molecule has 4 rings (SSSR count). The number of rotatable bonds is 2. The molecule has 2 N–H and O–H groups in total. The standard InChI is InChI=1S/C17H12N2OS/c20-12-7-5-11(6-8-12)16-10-21-17(19-16)14-9-18-15-4-2-1-3-13(14)15/h1-10,18,20H. The fourth-order valence-electron chi connectivity index (χ4n) is 2.41. The highest BCUT2D eigenvalue weighted by Crippen LogP contribution is 2.33. The Morgan fingerprint density at radius 1 is 1.00 bits per heavy atom. The van der Waals surface area contributed by atoms with Crippen molar-refractivity contribution in [3.05, 3.63) is 60.1 Å².